The molecule has 1 aliphatic rings. The van der Waals surface area contributed by atoms with Crippen molar-refractivity contribution >= 4 is 11.5 Å². The van der Waals surface area contributed by atoms with E-state index in [-0.39, 0.29) is 5.82 Å². The molecule has 0 spiro atoms. The molecule has 1 N–H and O–H groups in total. The first-order chi connectivity index (χ1) is 9.74. The summed E-state index contributed by atoms with van der Waals surface area (Å²) in [4.78, 5) is 19.0. The fourth-order valence-electron chi connectivity index (χ4n) is 2.34. The highest BCUT2D eigenvalue weighted by Gasteiger charge is 2.20. The average molecular weight is 275 g/mol. The molecule has 3 rings (SSSR count). The Balaban J connectivity index is 1.71. The van der Waals surface area contributed by atoms with Crippen LogP contribution < -0.4 is 15.5 Å². The van der Waals surface area contributed by atoms with Crippen LogP contribution in [0.2, 0.25) is 0 Å². The van der Waals surface area contributed by atoms with Crippen LogP contribution in [0.25, 0.3) is 0 Å². The van der Waals surface area contributed by atoms with Crippen molar-refractivity contribution in [1.82, 2.24) is 15.2 Å². The highest BCUT2D eigenvalue weighted by atomic mass is 19.1. The van der Waals surface area contributed by atoms with Crippen molar-refractivity contribution in [3.05, 3.63) is 46.8 Å². The van der Waals surface area contributed by atoms with Gasteiger partial charge >= 0.3 is 5.69 Å². The fourth-order valence-corrected chi connectivity index (χ4v) is 2.34. The van der Waals surface area contributed by atoms with Gasteiger partial charge in [-0.25, -0.2) is 14.3 Å². The lowest BCUT2D eigenvalue weighted by Crippen LogP contribution is -2.47. The molecule has 1 aliphatic heterocycles. The van der Waals surface area contributed by atoms with Crippen molar-refractivity contribution in [3.63, 3.8) is 0 Å². The van der Waals surface area contributed by atoms with E-state index < -0.39 is 5.69 Å². The molecule has 2 aromatic rings. The van der Waals surface area contributed by atoms with E-state index >= 15 is 0 Å². The van der Waals surface area contributed by atoms with Gasteiger partial charge in [0.25, 0.3) is 0 Å². The van der Waals surface area contributed by atoms with Crippen molar-refractivity contribution in [2.75, 3.05) is 36.0 Å². The molecule has 1 fully saturated rings. The van der Waals surface area contributed by atoms with Gasteiger partial charge in [0.05, 0.1) is 11.9 Å². The first kappa shape index (κ1) is 12.6. The maximum absolute atomic E-state index is 13.7. The molecule has 1 aromatic carbocycles. The number of halogens is 1. The fraction of sp³-hybridized carbons (Fsp3) is 0.308. The quantitative estimate of drug-likeness (QED) is 0.871. The molecule has 0 radical (unpaired) electrons. The summed E-state index contributed by atoms with van der Waals surface area (Å²) in [5.74, 6) is 0.346. The zero-order valence-corrected chi connectivity index (χ0v) is 10.8. The predicted octanol–water partition coefficient (Wildman–Crippen LogP) is 0.631. The number of nitrogens with one attached hydrogen (secondary N) is 1. The number of rotatable bonds is 2. The minimum Gasteiger partial charge on any atom is -0.366 e. The number of piperazine rings is 1. The van der Waals surface area contributed by atoms with E-state index in [0.717, 1.165) is 0 Å². The molecule has 0 bridgehead atoms. The maximum atomic E-state index is 13.7. The molecule has 104 valence electrons. The monoisotopic (exact) mass is 275 g/mol. The molecule has 0 unspecified atom stereocenters. The topological polar surface area (TPSA) is 65.1 Å². The third-order valence-electron chi connectivity index (χ3n) is 3.35. The van der Waals surface area contributed by atoms with Crippen LogP contribution in [0.1, 0.15) is 0 Å². The molecule has 0 aliphatic carbocycles. The van der Waals surface area contributed by atoms with Crippen LogP contribution >= 0.6 is 0 Å². The van der Waals surface area contributed by atoms with Crippen molar-refractivity contribution in [2.45, 2.75) is 0 Å². The Morgan fingerprint density at radius 3 is 2.50 bits per heavy atom. The van der Waals surface area contributed by atoms with Gasteiger partial charge in [-0.3, -0.25) is 0 Å². The van der Waals surface area contributed by atoms with Gasteiger partial charge in [0.1, 0.15) is 5.82 Å². The Hall–Kier alpha value is -2.44. The zero-order chi connectivity index (χ0) is 13.9. The summed E-state index contributed by atoms with van der Waals surface area (Å²) in [6.45, 7) is 2.70. The average Bonchev–Trinajstić information content (AvgIpc) is 2.48. The van der Waals surface area contributed by atoms with E-state index in [0.29, 0.717) is 37.7 Å². The minimum absolute atomic E-state index is 0.211. The molecule has 7 heteroatoms. The number of benzene rings is 1. The van der Waals surface area contributed by atoms with Gasteiger partial charge < -0.3 is 9.80 Å². The molecule has 20 heavy (non-hydrogen) atoms. The first-order valence-corrected chi connectivity index (χ1v) is 6.40. The number of para-hydroxylation sites is 1. The van der Waals surface area contributed by atoms with Gasteiger partial charge in [-0.15, -0.1) is 0 Å². The SMILES string of the molecule is O=c1nc(N2CCN(c3ccccc3F)CC2)cn[nH]1. The molecule has 1 saturated heterocycles. The lowest BCUT2D eigenvalue weighted by molar-refractivity contribution is 0.595. The smallest absolute Gasteiger partial charge is 0.363 e. The van der Waals surface area contributed by atoms with Crippen molar-refractivity contribution in [3.8, 4) is 0 Å². The Kier molecular flexibility index (Phi) is 3.32. The van der Waals surface area contributed by atoms with Crippen molar-refractivity contribution < 1.29 is 4.39 Å². The second kappa shape index (κ2) is 5.28. The van der Waals surface area contributed by atoms with Crippen molar-refractivity contribution in [1.29, 1.82) is 0 Å². The lowest BCUT2D eigenvalue weighted by Gasteiger charge is -2.36. The molecule has 0 atom stereocenters. The van der Waals surface area contributed by atoms with E-state index in [2.05, 4.69) is 15.2 Å². The molecule has 0 saturated carbocycles. The van der Waals surface area contributed by atoms with Crippen LogP contribution in [0, 0.1) is 5.82 Å². The normalized spacial score (nSPS) is 15.4. The van der Waals surface area contributed by atoms with Crippen LogP contribution in [0.5, 0.6) is 0 Å². The molecular weight excluding hydrogens is 261 g/mol. The third kappa shape index (κ3) is 2.47. The van der Waals surface area contributed by atoms with Gasteiger partial charge in [0.2, 0.25) is 0 Å². The van der Waals surface area contributed by atoms with E-state index in [1.54, 1.807) is 12.1 Å². The molecular formula is C13H14FN5O. The Morgan fingerprint density at radius 1 is 1.10 bits per heavy atom. The summed E-state index contributed by atoms with van der Waals surface area (Å²) in [5, 5.41) is 5.98. The first-order valence-electron chi connectivity index (χ1n) is 6.40. The van der Waals surface area contributed by atoms with Gasteiger partial charge in [0, 0.05) is 26.2 Å². The minimum atomic E-state index is -0.459. The summed E-state index contributed by atoms with van der Waals surface area (Å²) in [7, 11) is 0. The van der Waals surface area contributed by atoms with Crippen molar-refractivity contribution in [2.24, 2.45) is 0 Å². The van der Waals surface area contributed by atoms with Crippen LogP contribution in [-0.2, 0) is 0 Å². The number of aromatic nitrogens is 3. The number of aromatic amines is 1. The second-order valence-corrected chi connectivity index (χ2v) is 4.57. The van der Waals surface area contributed by atoms with Gasteiger partial charge in [0.15, 0.2) is 5.82 Å². The highest BCUT2D eigenvalue weighted by Crippen LogP contribution is 2.21. The number of nitrogens with zero attached hydrogens (tertiary/aromatic N) is 4. The van der Waals surface area contributed by atoms with E-state index in [4.69, 9.17) is 0 Å². The van der Waals surface area contributed by atoms with Crippen LogP contribution in [0.15, 0.2) is 35.3 Å². The summed E-state index contributed by atoms with van der Waals surface area (Å²) in [6, 6.07) is 6.75. The summed E-state index contributed by atoms with van der Waals surface area (Å²) >= 11 is 0. The van der Waals surface area contributed by atoms with Gasteiger partial charge in [-0.05, 0) is 12.1 Å². The van der Waals surface area contributed by atoms with Gasteiger partial charge in [-0.1, -0.05) is 12.1 Å². The standard InChI is InChI=1S/C13H14FN5O/c14-10-3-1-2-4-11(10)18-5-7-19(8-6-18)12-9-15-17-13(20)16-12/h1-4,9H,5-8H2,(H,16,17,20). The predicted molar refractivity (Wildman–Crippen MR) is 73.5 cm³/mol. The largest absolute Gasteiger partial charge is 0.366 e. The van der Waals surface area contributed by atoms with Gasteiger partial charge in [-0.2, -0.15) is 10.1 Å². The number of hydrogen-bond donors (Lipinski definition) is 1. The summed E-state index contributed by atoms with van der Waals surface area (Å²) in [6.07, 6.45) is 1.53. The number of anilines is 2. The van der Waals surface area contributed by atoms with Crippen LogP contribution in [0.3, 0.4) is 0 Å². The Bertz CT molecular complexity index is 651. The Labute approximate surface area is 114 Å². The lowest BCUT2D eigenvalue weighted by atomic mass is 10.2. The summed E-state index contributed by atoms with van der Waals surface area (Å²) in [5.41, 5.74) is 0.156. The maximum Gasteiger partial charge on any atom is 0.363 e. The van der Waals surface area contributed by atoms with Crippen LogP contribution in [0.4, 0.5) is 15.9 Å². The molecule has 0 amide bonds. The molecule has 6 nitrogen and oxygen atoms in total. The highest BCUT2D eigenvalue weighted by molar-refractivity contribution is 5.49. The van der Waals surface area contributed by atoms with E-state index in [9.17, 15) is 9.18 Å². The van der Waals surface area contributed by atoms with Crippen LogP contribution in [-0.4, -0.2) is 41.4 Å². The summed E-state index contributed by atoms with van der Waals surface area (Å²) < 4.78 is 13.7. The second-order valence-electron chi connectivity index (χ2n) is 4.57. The number of hydrogen-bond acceptors (Lipinski definition) is 5. The Morgan fingerprint density at radius 2 is 1.80 bits per heavy atom. The zero-order valence-electron chi connectivity index (χ0n) is 10.8. The molecule has 1 aromatic heterocycles. The number of H-pyrrole nitrogens is 1. The van der Waals surface area contributed by atoms with E-state index in [1.807, 2.05) is 15.9 Å². The molecule has 2 heterocycles. The third-order valence-corrected chi connectivity index (χ3v) is 3.35. The van der Waals surface area contributed by atoms with E-state index in [1.165, 1.54) is 12.3 Å².